The Balaban J connectivity index is 1.42. The van der Waals surface area contributed by atoms with Crippen LogP contribution in [0.4, 0.5) is 5.69 Å². The molecule has 6 heteroatoms. The van der Waals surface area contributed by atoms with Gasteiger partial charge in [0.1, 0.15) is 5.75 Å². The van der Waals surface area contributed by atoms with Crippen molar-refractivity contribution in [2.24, 2.45) is 5.73 Å². The van der Waals surface area contributed by atoms with Gasteiger partial charge >= 0.3 is 0 Å². The zero-order valence-corrected chi connectivity index (χ0v) is 16.0. The highest BCUT2D eigenvalue weighted by Crippen LogP contribution is 2.34. The number of rotatable bonds is 4. The van der Waals surface area contributed by atoms with Crippen molar-refractivity contribution < 1.29 is 14.3 Å². The summed E-state index contributed by atoms with van der Waals surface area (Å²) in [6, 6.07) is 17.4. The van der Waals surface area contributed by atoms with E-state index in [4.69, 9.17) is 10.5 Å². The molecule has 0 aromatic heterocycles. The fourth-order valence-electron chi connectivity index (χ4n) is 4.04. The third-order valence-electron chi connectivity index (χ3n) is 5.57. The molecule has 0 radical (unpaired) electrons. The first-order valence-electron chi connectivity index (χ1n) is 9.70. The van der Waals surface area contributed by atoms with E-state index in [-0.39, 0.29) is 30.2 Å². The third kappa shape index (κ3) is 3.47. The number of anilines is 1. The summed E-state index contributed by atoms with van der Waals surface area (Å²) in [6.45, 7) is 3.23. The summed E-state index contributed by atoms with van der Waals surface area (Å²) in [4.78, 5) is 28.9. The highest BCUT2D eigenvalue weighted by molar-refractivity contribution is 6.00. The number of nitrogens with two attached hydrogens (primary N) is 1. The van der Waals surface area contributed by atoms with E-state index in [9.17, 15) is 9.59 Å². The zero-order chi connectivity index (χ0) is 19.7. The van der Waals surface area contributed by atoms with Crippen molar-refractivity contribution in [3.8, 4) is 5.75 Å². The van der Waals surface area contributed by atoms with Crippen LogP contribution in [-0.4, -0.2) is 48.5 Å². The molecular weight excluding hydrogens is 354 g/mol. The number of hydrogen-bond acceptors (Lipinski definition) is 4. The van der Waals surface area contributed by atoms with Crippen LogP contribution >= 0.6 is 0 Å². The van der Waals surface area contributed by atoms with E-state index in [1.165, 1.54) is 0 Å². The average molecular weight is 379 g/mol. The number of fused-ring (bicyclic) bond motifs is 1. The van der Waals surface area contributed by atoms with Gasteiger partial charge in [0.2, 0.25) is 5.91 Å². The number of amides is 2. The van der Waals surface area contributed by atoms with Gasteiger partial charge in [-0.3, -0.25) is 9.59 Å². The van der Waals surface area contributed by atoms with E-state index in [0.717, 1.165) is 11.3 Å². The van der Waals surface area contributed by atoms with Crippen LogP contribution in [0.5, 0.6) is 5.75 Å². The van der Waals surface area contributed by atoms with E-state index in [0.29, 0.717) is 25.4 Å². The van der Waals surface area contributed by atoms with E-state index >= 15 is 0 Å². The summed E-state index contributed by atoms with van der Waals surface area (Å²) in [5.74, 6) is 0.732. The second kappa shape index (κ2) is 7.64. The van der Waals surface area contributed by atoms with E-state index in [1.54, 1.807) is 11.8 Å². The third-order valence-corrected chi connectivity index (χ3v) is 5.57. The van der Waals surface area contributed by atoms with Gasteiger partial charge in [-0.1, -0.05) is 42.5 Å². The molecule has 0 bridgehead atoms. The predicted octanol–water partition coefficient (Wildman–Crippen LogP) is 2.14. The zero-order valence-electron chi connectivity index (χ0n) is 16.0. The molecule has 146 valence electrons. The number of carbonyl (C=O) groups is 2. The highest BCUT2D eigenvalue weighted by atomic mass is 16.5. The van der Waals surface area contributed by atoms with Crippen molar-refractivity contribution in [3.05, 3.63) is 60.2 Å². The number of para-hydroxylation sites is 2. The van der Waals surface area contributed by atoms with Crippen LogP contribution in [0.1, 0.15) is 24.8 Å². The maximum Gasteiger partial charge on any atom is 0.267 e. The van der Waals surface area contributed by atoms with E-state index in [2.05, 4.69) is 12.1 Å². The van der Waals surface area contributed by atoms with Crippen LogP contribution in [-0.2, 0) is 9.59 Å². The van der Waals surface area contributed by atoms with Gasteiger partial charge in [0.05, 0.1) is 5.69 Å². The Hall–Kier alpha value is -2.86. The van der Waals surface area contributed by atoms with Crippen molar-refractivity contribution in [2.45, 2.75) is 31.4 Å². The topological polar surface area (TPSA) is 75.9 Å². The van der Waals surface area contributed by atoms with Crippen LogP contribution in [0.2, 0.25) is 0 Å². The lowest BCUT2D eigenvalue weighted by atomic mass is 9.95. The highest BCUT2D eigenvalue weighted by Gasteiger charge is 2.35. The van der Waals surface area contributed by atoms with Gasteiger partial charge in [-0.05, 0) is 24.6 Å². The fourth-order valence-corrected chi connectivity index (χ4v) is 4.04. The quantitative estimate of drug-likeness (QED) is 0.883. The summed E-state index contributed by atoms with van der Waals surface area (Å²) < 4.78 is 5.65. The molecule has 0 saturated carbocycles. The van der Waals surface area contributed by atoms with Gasteiger partial charge in [-0.2, -0.15) is 0 Å². The van der Waals surface area contributed by atoms with Crippen LogP contribution in [0.3, 0.4) is 0 Å². The molecule has 2 aromatic carbocycles. The summed E-state index contributed by atoms with van der Waals surface area (Å²) in [5, 5.41) is 0. The van der Waals surface area contributed by atoms with Crippen LogP contribution in [0, 0.1) is 0 Å². The minimum Gasteiger partial charge on any atom is -0.479 e. The van der Waals surface area contributed by atoms with Gasteiger partial charge in [0, 0.05) is 38.0 Å². The van der Waals surface area contributed by atoms with Crippen molar-refractivity contribution in [1.29, 1.82) is 0 Å². The maximum atomic E-state index is 12.8. The first-order chi connectivity index (χ1) is 13.5. The van der Waals surface area contributed by atoms with Gasteiger partial charge in [0.25, 0.3) is 5.91 Å². The molecule has 2 N–H and O–H groups in total. The van der Waals surface area contributed by atoms with Gasteiger partial charge in [-0.25, -0.2) is 0 Å². The normalized spacial score (nSPS) is 24.1. The fraction of sp³-hybridized carbons (Fsp3) is 0.364. The summed E-state index contributed by atoms with van der Waals surface area (Å²) in [7, 11) is 0. The number of carbonyl (C=O) groups excluding carboxylic acids is 2. The van der Waals surface area contributed by atoms with Gasteiger partial charge in [-0.15, -0.1) is 0 Å². The predicted molar refractivity (Wildman–Crippen MR) is 107 cm³/mol. The molecule has 0 spiro atoms. The first-order valence-corrected chi connectivity index (χ1v) is 9.70. The lowest BCUT2D eigenvalue weighted by Gasteiger charge is -2.33. The molecule has 2 amide bonds. The Morgan fingerprint density at radius 3 is 2.61 bits per heavy atom. The molecule has 3 atom stereocenters. The number of likely N-dealkylation sites (tertiary alicyclic amines) is 1. The van der Waals surface area contributed by atoms with Crippen molar-refractivity contribution in [3.63, 3.8) is 0 Å². The van der Waals surface area contributed by atoms with Crippen molar-refractivity contribution in [1.82, 2.24) is 4.90 Å². The minimum atomic E-state index is -0.548. The molecular formula is C22H25N3O3. The molecule has 1 fully saturated rings. The molecule has 6 nitrogen and oxygen atoms in total. The van der Waals surface area contributed by atoms with E-state index < -0.39 is 6.10 Å². The first kappa shape index (κ1) is 18.5. The Labute approximate surface area is 164 Å². The minimum absolute atomic E-state index is 0.0262. The Kier molecular flexibility index (Phi) is 5.05. The second-order valence-corrected chi connectivity index (χ2v) is 7.45. The Morgan fingerprint density at radius 2 is 1.82 bits per heavy atom. The standard InChI is InChI=1S/C22H25N3O3/c1-15-22(27)25(19-9-5-6-10-20(19)28-15)12-11-21(26)24-13-17(18(23)14-24)16-7-3-2-4-8-16/h2-10,15,17-18H,11-14,23H2,1H3/t15?,17-,18+/m0/s1. The van der Waals surface area contributed by atoms with Crippen LogP contribution in [0.15, 0.2) is 54.6 Å². The molecule has 1 saturated heterocycles. The monoisotopic (exact) mass is 379 g/mol. The van der Waals surface area contributed by atoms with Crippen LogP contribution in [0.25, 0.3) is 0 Å². The molecule has 28 heavy (non-hydrogen) atoms. The molecule has 2 aromatic rings. The average Bonchev–Trinajstić information content (AvgIpc) is 3.10. The number of nitrogens with zero attached hydrogens (tertiary/aromatic N) is 2. The molecule has 2 heterocycles. The maximum absolute atomic E-state index is 12.8. The molecule has 2 aliphatic rings. The summed E-state index contributed by atoms with van der Waals surface area (Å²) in [5.41, 5.74) is 8.19. The largest absolute Gasteiger partial charge is 0.479 e. The Bertz CT molecular complexity index is 870. The molecule has 0 aliphatic carbocycles. The summed E-state index contributed by atoms with van der Waals surface area (Å²) >= 11 is 0. The van der Waals surface area contributed by atoms with Crippen LogP contribution < -0.4 is 15.4 Å². The molecule has 4 rings (SSSR count). The smallest absolute Gasteiger partial charge is 0.267 e. The Morgan fingerprint density at radius 1 is 1.11 bits per heavy atom. The summed E-state index contributed by atoms with van der Waals surface area (Å²) in [6.07, 6.45) is -0.284. The lowest BCUT2D eigenvalue weighted by molar-refractivity contribution is -0.130. The van der Waals surface area contributed by atoms with E-state index in [1.807, 2.05) is 47.4 Å². The van der Waals surface area contributed by atoms with Gasteiger partial charge in [0.15, 0.2) is 6.10 Å². The van der Waals surface area contributed by atoms with Crippen molar-refractivity contribution >= 4 is 17.5 Å². The number of hydrogen-bond donors (Lipinski definition) is 1. The second-order valence-electron chi connectivity index (χ2n) is 7.45. The van der Waals surface area contributed by atoms with Gasteiger partial charge < -0.3 is 20.3 Å². The number of ether oxygens (including phenoxy) is 1. The lowest BCUT2D eigenvalue weighted by Crippen LogP contribution is -2.46. The number of benzene rings is 2. The molecule has 2 aliphatic heterocycles. The van der Waals surface area contributed by atoms with Crippen molar-refractivity contribution in [2.75, 3.05) is 24.5 Å². The molecule has 1 unspecified atom stereocenters. The SMILES string of the molecule is CC1Oc2ccccc2N(CCC(=O)N2C[C@@H](N)[C@H](c3ccccc3)C2)C1=O.